The van der Waals surface area contributed by atoms with Crippen LogP contribution in [-0.2, 0) is 6.54 Å². The molecule has 1 aromatic carbocycles. The third-order valence-corrected chi connectivity index (χ3v) is 2.44. The van der Waals surface area contributed by atoms with Crippen molar-refractivity contribution in [1.82, 2.24) is 15.5 Å². The van der Waals surface area contributed by atoms with Crippen molar-refractivity contribution in [2.45, 2.75) is 19.9 Å². The van der Waals surface area contributed by atoms with Crippen molar-refractivity contribution in [2.75, 3.05) is 6.54 Å². The van der Waals surface area contributed by atoms with Gasteiger partial charge in [-0.3, -0.25) is 5.10 Å². The van der Waals surface area contributed by atoms with Gasteiger partial charge in [0.25, 0.3) is 0 Å². The number of nitrogens with one attached hydrogen (secondary N) is 2. The summed E-state index contributed by atoms with van der Waals surface area (Å²) in [5.74, 6) is 0. The molecule has 2 rings (SSSR count). The zero-order chi connectivity index (χ0) is 11.2. The van der Waals surface area contributed by atoms with Crippen LogP contribution in [0.4, 0.5) is 0 Å². The molecule has 1 aromatic heterocycles. The Morgan fingerprint density at radius 3 is 2.81 bits per heavy atom. The van der Waals surface area contributed by atoms with Crippen molar-refractivity contribution in [1.29, 1.82) is 0 Å². The van der Waals surface area contributed by atoms with Gasteiger partial charge in [-0.05, 0) is 19.0 Å². The lowest BCUT2D eigenvalue weighted by molar-refractivity contribution is 0.662. The number of aromatic nitrogens is 2. The maximum absolute atomic E-state index is 4.30. The van der Waals surface area contributed by atoms with Gasteiger partial charge in [-0.1, -0.05) is 37.3 Å². The number of hydrogen-bond acceptors (Lipinski definition) is 2. The Labute approximate surface area is 95.9 Å². The lowest BCUT2D eigenvalue weighted by atomic mass is 10.1. The average molecular weight is 215 g/mol. The zero-order valence-electron chi connectivity index (χ0n) is 9.53. The van der Waals surface area contributed by atoms with Crippen molar-refractivity contribution >= 4 is 0 Å². The third-order valence-electron chi connectivity index (χ3n) is 2.44. The molecule has 0 aliphatic rings. The van der Waals surface area contributed by atoms with Gasteiger partial charge in [0.1, 0.15) is 0 Å². The van der Waals surface area contributed by atoms with Crippen LogP contribution < -0.4 is 5.32 Å². The molecular weight excluding hydrogens is 198 g/mol. The molecule has 3 nitrogen and oxygen atoms in total. The SMILES string of the molecule is CCCNCc1cc(-c2ccccc2)n[nH]1. The molecule has 84 valence electrons. The molecule has 0 aliphatic heterocycles. The first-order valence-electron chi connectivity index (χ1n) is 5.70. The molecule has 0 saturated heterocycles. The molecule has 1 heterocycles. The number of H-pyrrole nitrogens is 1. The fourth-order valence-electron chi connectivity index (χ4n) is 1.61. The zero-order valence-corrected chi connectivity index (χ0v) is 9.53. The van der Waals surface area contributed by atoms with E-state index in [-0.39, 0.29) is 0 Å². The molecule has 0 fully saturated rings. The van der Waals surface area contributed by atoms with E-state index in [1.54, 1.807) is 0 Å². The van der Waals surface area contributed by atoms with Gasteiger partial charge in [0, 0.05) is 17.8 Å². The number of aromatic amines is 1. The van der Waals surface area contributed by atoms with Crippen LogP contribution in [-0.4, -0.2) is 16.7 Å². The third kappa shape index (κ3) is 2.70. The van der Waals surface area contributed by atoms with Crippen molar-refractivity contribution in [3.05, 3.63) is 42.1 Å². The van der Waals surface area contributed by atoms with E-state index in [0.29, 0.717) is 0 Å². The van der Waals surface area contributed by atoms with Crippen LogP contribution in [0.25, 0.3) is 11.3 Å². The maximum atomic E-state index is 4.30. The minimum absolute atomic E-state index is 0.855. The minimum atomic E-state index is 0.855. The summed E-state index contributed by atoms with van der Waals surface area (Å²) in [5, 5.41) is 10.7. The number of rotatable bonds is 5. The Bertz CT molecular complexity index is 420. The molecule has 0 amide bonds. The van der Waals surface area contributed by atoms with Gasteiger partial charge in [-0.25, -0.2) is 0 Å². The molecule has 0 saturated carbocycles. The second-order valence-corrected chi connectivity index (χ2v) is 3.82. The van der Waals surface area contributed by atoms with Crippen LogP contribution in [0.2, 0.25) is 0 Å². The van der Waals surface area contributed by atoms with Crippen LogP contribution in [0.15, 0.2) is 36.4 Å². The van der Waals surface area contributed by atoms with Crippen molar-refractivity contribution in [3.8, 4) is 11.3 Å². The van der Waals surface area contributed by atoms with E-state index in [9.17, 15) is 0 Å². The predicted octanol–water partition coefficient (Wildman–Crippen LogP) is 2.58. The van der Waals surface area contributed by atoms with Gasteiger partial charge in [-0.2, -0.15) is 5.10 Å². The van der Waals surface area contributed by atoms with E-state index in [1.807, 2.05) is 18.2 Å². The first-order valence-corrected chi connectivity index (χ1v) is 5.70. The molecule has 0 spiro atoms. The number of benzene rings is 1. The summed E-state index contributed by atoms with van der Waals surface area (Å²) in [5.41, 5.74) is 3.29. The fraction of sp³-hybridized carbons (Fsp3) is 0.308. The topological polar surface area (TPSA) is 40.7 Å². The van der Waals surface area contributed by atoms with Crippen LogP contribution in [0.5, 0.6) is 0 Å². The highest BCUT2D eigenvalue weighted by atomic mass is 15.1. The Kier molecular flexibility index (Phi) is 3.72. The first kappa shape index (κ1) is 10.9. The highest BCUT2D eigenvalue weighted by molar-refractivity contribution is 5.58. The smallest absolute Gasteiger partial charge is 0.0924 e. The summed E-state index contributed by atoms with van der Waals surface area (Å²) in [6.07, 6.45) is 1.15. The Balaban J connectivity index is 2.02. The molecule has 0 bridgehead atoms. The van der Waals surface area contributed by atoms with Crippen LogP contribution in [0.1, 0.15) is 19.0 Å². The minimum Gasteiger partial charge on any atom is -0.311 e. The van der Waals surface area contributed by atoms with Crippen molar-refractivity contribution in [2.24, 2.45) is 0 Å². The monoisotopic (exact) mass is 215 g/mol. The largest absolute Gasteiger partial charge is 0.311 e. The predicted molar refractivity (Wildman–Crippen MR) is 66.0 cm³/mol. The highest BCUT2D eigenvalue weighted by Gasteiger charge is 2.02. The fourth-order valence-corrected chi connectivity index (χ4v) is 1.61. The van der Waals surface area contributed by atoms with Gasteiger partial charge >= 0.3 is 0 Å². The Morgan fingerprint density at radius 2 is 2.06 bits per heavy atom. The quantitative estimate of drug-likeness (QED) is 0.753. The van der Waals surface area contributed by atoms with Crippen molar-refractivity contribution < 1.29 is 0 Å². The van der Waals surface area contributed by atoms with Gasteiger partial charge in [0.15, 0.2) is 0 Å². The Hall–Kier alpha value is -1.61. The van der Waals surface area contributed by atoms with E-state index >= 15 is 0 Å². The lowest BCUT2D eigenvalue weighted by Crippen LogP contribution is -2.13. The lowest BCUT2D eigenvalue weighted by Gasteiger charge is -1.98. The van der Waals surface area contributed by atoms with Gasteiger partial charge in [0.2, 0.25) is 0 Å². The average Bonchev–Trinajstić information content (AvgIpc) is 2.79. The van der Waals surface area contributed by atoms with Gasteiger partial charge in [-0.15, -0.1) is 0 Å². The summed E-state index contributed by atoms with van der Waals surface area (Å²) in [6.45, 7) is 4.06. The summed E-state index contributed by atoms with van der Waals surface area (Å²) in [6, 6.07) is 12.3. The van der Waals surface area contributed by atoms with Crippen LogP contribution in [0, 0.1) is 0 Å². The molecule has 0 aliphatic carbocycles. The number of hydrogen-bond donors (Lipinski definition) is 2. The standard InChI is InChI=1S/C13H17N3/c1-2-8-14-10-12-9-13(16-15-12)11-6-4-3-5-7-11/h3-7,9,14H,2,8,10H2,1H3,(H,15,16). The van der Waals surface area contributed by atoms with Crippen LogP contribution in [0.3, 0.4) is 0 Å². The molecule has 0 atom stereocenters. The van der Waals surface area contributed by atoms with E-state index in [4.69, 9.17) is 0 Å². The molecule has 3 heteroatoms. The normalized spacial score (nSPS) is 10.6. The summed E-state index contributed by atoms with van der Waals surface area (Å²) < 4.78 is 0. The number of nitrogens with zero attached hydrogens (tertiary/aromatic N) is 1. The molecule has 0 radical (unpaired) electrons. The first-order chi connectivity index (χ1) is 7.90. The van der Waals surface area contributed by atoms with E-state index < -0.39 is 0 Å². The molecule has 2 aromatic rings. The molecule has 16 heavy (non-hydrogen) atoms. The Morgan fingerprint density at radius 1 is 1.25 bits per heavy atom. The van der Waals surface area contributed by atoms with Crippen molar-refractivity contribution in [3.63, 3.8) is 0 Å². The highest BCUT2D eigenvalue weighted by Crippen LogP contribution is 2.16. The van der Waals surface area contributed by atoms with Gasteiger partial charge in [0.05, 0.1) is 5.69 Å². The molecular formula is C13H17N3. The summed E-state index contributed by atoms with van der Waals surface area (Å²) in [7, 11) is 0. The van der Waals surface area contributed by atoms with E-state index in [2.05, 4.69) is 40.6 Å². The van der Waals surface area contributed by atoms with Gasteiger partial charge < -0.3 is 5.32 Å². The van der Waals surface area contributed by atoms with E-state index in [0.717, 1.165) is 36.5 Å². The summed E-state index contributed by atoms with van der Waals surface area (Å²) >= 11 is 0. The van der Waals surface area contributed by atoms with E-state index in [1.165, 1.54) is 0 Å². The van der Waals surface area contributed by atoms with Crippen LogP contribution >= 0.6 is 0 Å². The summed E-state index contributed by atoms with van der Waals surface area (Å²) in [4.78, 5) is 0. The molecule has 2 N–H and O–H groups in total. The second kappa shape index (κ2) is 5.47. The molecule has 0 unspecified atom stereocenters. The maximum Gasteiger partial charge on any atom is 0.0924 e. The second-order valence-electron chi connectivity index (χ2n) is 3.82.